The predicted octanol–water partition coefficient (Wildman–Crippen LogP) is 4.89. The molecule has 1 heterocycles. The molecule has 1 amide bonds. The SMILES string of the molecule is O=C(Nc1nc(COc2ccc(Cl)cc2)cs1)C1CCCCC1. The zero-order valence-electron chi connectivity index (χ0n) is 12.8. The van der Waals surface area contributed by atoms with E-state index in [2.05, 4.69) is 10.3 Å². The highest BCUT2D eigenvalue weighted by molar-refractivity contribution is 7.13. The maximum absolute atomic E-state index is 12.2. The van der Waals surface area contributed by atoms with Crippen LogP contribution in [0.4, 0.5) is 5.13 Å². The second-order valence-electron chi connectivity index (χ2n) is 5.71. The second kappa shape index (κ2) is 7.79. The fourth-order valence-corrected chi connectivity index (χ4v) is 3.51. The molecule has 1 saturated carbocycles. The Kier molecular flexibility index (Phi) is 5.51. The molecule has 1 fully saturated rings. The summed E-state index contributed by atoms with van der Waals surface area (Å²) in [6.07, 6.45) is 5.52. The first kappa shape index (κ1) is 16.3. The first-order chi connectivity index (χ1) is 11.2. The average Bonchev–Trinajstić information content (AvgIpc) is 3.02. The van der Waals surface area contributed by atoms with Crippen LogP contribution < -0.4 is 10.1 Å². The van der Waals surface area contributed by atoms with Crippen LogP contribution >= 0.6 is 22.9 Å². The number of carbonyl (C=O) groups is 1. The van der Waals surface area contributed by atoms with Crippen LogP contribution in [-0.4, -0.2) is 10.9 Å². The van der Waals surface area contributed by atoms with Crippen molar-refractivity contribution in [3.8, 4) is 5.75 Å². The van der Waals surface area contributed by atoms with Gasteiger partial charge in [-0.05, 0) is 37.1 Å². The molecule has 1 aromatic carbocycles. The molecular formula is C17H19ClN2O2S. The fourth-order valence-electron chi connectivity index (χ4n) is 2.69. The van der Waals surface area contributed by atoms with Crippen LogP contribution in [0.5, 0.6) is 5.75 Å². The summed E-state index contributed by atoms with van der Waals surface area (Å²) in [4.78, 5) is 16.6. The maximum atomic E-state index is 12.2. The van der Waals surface area contributed by atoms with E-state index in [1.807, 2.05) is 17.5 Å². The molecule has 0 spiro atoms. The Morgan fingerprint density at radius 2 is 2.00 bits per heavy atom. The Hall–Kier alpha value is -1.59. The summed E-state index contributed by atoms with van der Waals surface area (Å²) in [7, 11) is 0. The van der Waals surface area contributed by atoms with Gasteiger partial charge < -0.3 is 10.1 Å². The molecule has 0 aliphatic heterocycles. The minimum atomic E-state index is 0.101. The van der Waals surface area contributed by atoms with Crippen LogP contribution in [0.25, 0.3) is 0 Å². The summed E-state index contributed by atoms with van der Waals surface area (Å²) in [5, 5.41) is 6.17. The van der Waals surface area contributed by atoms with Crippen LogP contribution in [0.3, 0.4) is 0 Å². The number of carbonyl (C=O) groups excluding carboxylic acids is 1. The predicted molar refractivity (Wildman–Crippen MR) is 93.1 cm³/mol. The molecule has 0 radical (unpaired) electrons. The van der Waals surface area contributed by atoms with Crippen molar-refractivity contribution >= 4 is 34.0 Å². The highest BCUT2D eigenvalue weighted by atomic mass is 35.5. The van der Waals surface area contributed by atoms with Gasteiger partial charge in [-0.2, -0.15) is 0 Å². The van der Waals surface area contributed by atoms with Gasteiger partial charge in [-0.25, -0.2) is 4.98 Å². The number of nitrogens with zero attached hydrogens (tertiary/aromatic N) is 1. The maximum Gasteiger partial charge on any atom is 0.229 e. The van der Waals surface area contributed by atoms with Gasteiger partial charge >= 0.3 is 0 Å². The Balaban J connectivity index is 1.51. The lowest BCUT2D eigenvalue weighted by Crippen LogP contribution is -2.24. The quantitative estimate of drug-likeness (QED) is 0.834. The Morgan fingerprint density at radius 1 is 1.26 bits per heavy atom. The summed E-state index contributed by atoms with van der Waals surface area (Å²) >= 11 is 7.27. The van der Waals surface area contributed by atoms with Gasteiger partial charge in [0.15, 0.2) is 5.13 Å². The van der Waals surface area contributed by atoms with Crippen LogP contribution in [0, 0.1) is 5.92 Å². The van der Waals surface area contributed by atoms with Gasteiger partial charge in [0.25, 0.3) is 0 Å². The molecule has 0 atom stereocenters. The largest absolute Gasteiger partial charge is 0.487 e. The number of aromatic nitrogens is 1. The number of nitrogens with one attached hydrogen (secondary N) is 1. The van der Waals surface area contributed by atoms with E-state index in [0.29, 0.717) is 16.8 Å². The van der Waals surface area contributed by atoms with Gasteiger partial charge in [-0.15, -0.1) is 11.3 Å². The van der Waals surface area contributed by atoms with E-state index in [1.54, 1.807) is 12.1 Å². The second-order valence-corrected chi connectivity index (χ2v) is 7.01. The normalized spacial score (nSPS) is 15.3. The standard InChI is InChI=1S/C17H19ClN2O2S/c18-13-6-8-15(9-7-13)22-10-14-11-23-17(19-14)20-16(21)12-4-2-1-3-5-12/h6-9,11-12H,1-5,10H2,(H,19,20,21). The Bertz CT molecular complexity index is 651. The van der Waals surface area contributed by atoms with Gasteiger partial charge in [0.2, 0.25) is 5.91 Å². The van der Waals surface area contributed by atoms with Crippen molar-refractivity contribution in [2.75, 3.05) is 5.32 Å². The molecule has 23 heavy (non-hydrogen) atoms. The Labute approximate surface area is 144 Å². The van der Waals surface area contributed by atoms with E-state index in [9.17, 15) is 4.79 Å². The monoisotopic (exact) mass is 350 g/mol. The van der Waals surface area contributed by atoms with Gasteiger partial charge in [0.1, 0.15) is 12.4 Å². The van der Waals surface area contributed by atoms with Crippen molar-refractivity contribution in [2.24, 2.45) is 5.92 Å². The minimum absolute atomic E-state index is 0.101. The van der Waals surface area contributed by atoms with E-state index in [4.69, 9.17) is 16.3 Å². The molecule has 1 aliphatic carbocycles. The first-order valence-electron chi connectivity index (χ1n) is 7.84. The third-order valence-corrected chi connectivity index (χ3v) is 5.02. The number of rotatable bonds is 5. The number of anilines is 1. The topological polar surface area (TPSA) is 51.2 Å². The summed E-state index contributed by atoms with van der Waals surface area (Å²) in [5.74, 6) is 0.987. The lowest BCUT2D eigenvalue weighted by molar-refractivity contribution is -0.120. The third-order valence-electron chi connectivity index (χ3n) is 3.96. The number of amides is 1. The highest BCUT2D eigenvalue weighted by Crippen LogP contribution is 2.26. The van der Waals surface area contributed by atoms with E-state index in [1.165, 1.54) is 17.8 Å². The molecule has 4 nitrogen and oxygen atoms in total. The summed E-state index contributed by atoms with van der Waals surface area (Å²) in [6.45, 7) is 0.372. The van der Waals surface area contributed by atoms with E-state index in [-0.39, 0.29) is 11.8 Å². The van der Waals surface area contributed by atoms with Crippen molar-refractivity contribution in [1.82, 2.24) is 4.98 Å². The molecule has 0 unspecified atom stereocenters. The molecular weight excluding hydrogens is 332 g/mol. The van der Waals surface area contributed by atoms with Gasteiger partial charge in [0.05, 0.1) is 5.69 Å². The molecule has 6 heteroatoms. The van der Waals surface area contributed by atoms with Crippen molar-refractivity contribution in [2.45, 2.75) is 38.7 Å². The average molecular weight is 351 g/mol. The zero-order chi connectivity index (χ0) is 16.1. The fraction of sp³-hybridized carbons (Fsp3) is 0.412. The number of halogens is 1. The van der Waals surface area contributed by atoms with Gasteiger partial charge in [-0.1, -0.05) is 30.9 Å². The van der Waals surface area contributed by atoms with Crippen molar-refractivity contribution in [1.29, 1.82) is 0 Å². The van der Waals surface area contributed by atoms with Crippen molar-refractivity contribution < 1.29 is 9.53 Å². The number of benzene rings is 1. The van der Waals surface area contributed by atoms with Crippen LogP contribution in [-0.2, 0) is 11.4 Å². The van der Waals surface area contributed by atoms with Gasteiger partial charge in [0, 0.05) is 16.3 Å². The lowest BCUT2D eigenvalue weighted by atomic mass is 9.89. The number of hydrogen-bond donors (Lipinski definition) is 1. The molecule has 0 bridgehead atoms. The van der Waals surface area contributed by atoms with Crippen molar-refractivity contribution in [3.05, 3.63) is 40.4 Å². The molecule has 2 aromatic rings. The van der Waals surface area contributed by atoms with E-state index >= 15 is 0 Å². The van der Waals surface area contributed by atoms with Crippen LogP contribution in [0.1, 0.15) is 37.8 Å². The molecule has 122 valence electrons. The van der Waals surface area contributed by atoms with Crippen LogP contribution in [0.15, 0.2) is 29.6 Å². The number of ether oxygens (including phenoxy) is 1. The first-order valence-corrected chi connectivity index (χ1v) is 9.10. The molecule has 1 N–H and O–H groups in total. The zero-order valence-corrected chi connectivity index (χ0v) is 14.3. The Morgan fingerprint density at radius 3 is 2.74 bits per heavy atom. The lowest BCUT2D eigenvalue weighted by Gasteiger charge is -2.19. The molecule has 0 saturated heterocycles. The summed E-state index contributed by atoms with van der Waals surface area (Å²) in [6, 6.07) is 7.21. The minimum Gasteiger partial charge on any atom is -0.487 e. The van der Waals surface area contributed by atoms with Gasteiger partial charge in [-0.3, -0.25) is 4.79 Å². The van der Waals surface area contributed by atoms with E-state index in [0.717, 1.165) is 37.1 Å². The molecule has 3 rings (SSSR count). The van der Waals surface area contributed by atoms with Crippen molar-refractivity contribution in [3.63, 3.8) is 0 Å². The smallest absolute Gasteiger partial charge is 0.229 e. The van der Waals surface area contributed by atoms with Crippen LogP contribution in [0.2, 0.25) is 5.02 Å². The number of thiazole rings is 1. The number of hydrogen-bond acceptors (Lipinski definition) is 4. The highest BCUT2D eigenvalue weighted by Gasteiger charge is 2.21. The molecule has 1 aliphatic rings. The summed E-state index contributed by atoms with van der Waals surface area (Å²) in [5.41, 5.74) is 0.809. The third kappa shape index (κ3) is 4.69. The molecule has 1 aromatic heterocycles. The van der Waals surface area contributed by atoms with E-state index < -0.39 is 0 Å². The summed E-state index contributed by atoms with van der Waals surface area (Å²) < 4.78 is 5.65.